The first-order valence-electron chi connectivity index (χ1n) is 8.47. The van der Waals surface area contributed by atoms with Gasteiger partial charge in [0.1, 0.15) is 17.2 Å². The second-order valence-electron chi connectivity index (χ2n) is 7.22. The van der Waals surface area contributed by atoms with Crippen LogP contribution in [0.1, 0.15) is 26.7 Å². The molecule has 1 saturated heterocycles. The van der Waals surface area contributed by atoms with Crippen molar-refractivity contribution in [1.29, 1.82) is 0 Å². The van der Waals surface area contributed by atoms with Crippen molar-refractivity contribution >= 4 is 46.2 Å². The van der Waals surface area contributed by atoms with Gasteiger partial charge in [-0.15, -0.1) is 0 Å². The molecule has 1 aliphatic heterocycles. The largest absolute Gasteiger partial charge is 0.382 e. The lowest BCUT2D eigenvalue weighted by Gasteiger charge is -2.37. The lowest BCUT2D eigenvalue weighted by Crippen LogP contribution is -2.37. The number of hydrogen-bond donors (Lipinski definition) is 2. The highest BCUT2D eigenvalue weighted by Gasteiger charge is 2.26. The van der Waals surface area contributed by atoms with Crippen LogP contribution < -0.4 is 10.6 Å². The number of nitrogen functional groups attached to an aromatic ring is 1. The number of fused-ring (bicyclic) bond motifs is 1. The van der Waals surface area contributed by atoms with Crippen molar-refractivity contribution in [3.63, 3.8) is 0 Å². The van der Waals surface area contributed by atoms with E-state index in [0.29, 0.717) is 26.9 Å². The highest BCUT2D eigenvalue weighted by Crippen LogP contribution is 2.37. The van der Waals surface area contributed by atoms with Gasteiger partial charge in [0, 0.05) is 24.2 Å². The molecule has 3 N–H and O–H groups in total. The molecule has 0 radical (unpaired) electrons. The van der Waals surface area contributed by atoms with Gasteiger partial charge in [0.2, 0.25) is 0 Å². The van der Waals surface area contributed by atoms with Crippen molar-refractivity contribution in [2.24, 2.45) is 5.41 Å². The number of pyridine rings is 1. The Morgan fingerprint density at radius 2 is 2.04 bits per heavy atom. The molecule has 0 aromatic carbocycles. The van der Waals surface area contributed by atoms with Crippen LogP contribution in [-0.2, 0) is 0 Å². The first-order chi connectivity index (χ1) is 12.4. The quantitative estimate of drug-likeness (QED) is 0.703. The number of rotatable bonds is 3. The maximum atomic E-state index is 6.22. The predicted molar refractivity (Wildman–Crippen MR) is 105 cm³/mol. The zero-order chi connectivity index (χ0) is 18.3. The summed E-state index contributed by atoms with van der Waals surface area (Å²) in [7, 11) is 0. The van der Waals surface area contributed by atoms with Crippen molar-refractivity contribution in [2.45, 2.75) is 36.6 Å². The van der Waals surface area contributed by atoms with Gasteiger partial charge in [0.25, 0.3) is 0 Å². The Labute approximate surface area is 160 Å². The summed E-state index contributed by atoms with van der Waals surface area (Å²) in [5.41, 5.74) is 7.56. The predicted octanol–water partition coefficient (Wildman–Crippen LogP) is 3.76. The number of hydrogen-bond acceptors (Lipinski definition) is 7. The number of halogens is 1. The van der Waals surface area contributed by atoms with Crippen molar-refractivity contribution in [2.75, 3.05) is 23.7 Å². The van der Waals surface area contributed by atoms with Gasteiger partial charge in [-0.25, -0.2) is 15.0 Å². The third kappa shape index (κ3) is 3.31. The van der Waals surface area contributed by atoms with E-state index >= 15 is 0 Å². The molecule has 7 nitrogen and oxygen atoms in total. The fourth-order valence-corrected chi connectivity index (χ4v) is 4.06. The van der Waals surface area contributed by atoms with Crippen LogP contribution in [0, 0.1) is 5.41 Å². The van der Waals surface area contributed by atoms with E-state index in [9.17, 15) is 0 Å². The van der Waals surface area contributed by atoms with E-state index in [1.165, 1.54) is 11.8 Å². The van der Waals surface area contributed by atoms with Crippen LogP contribution in [0.15, 0.2) is 28.4 Å². The molecule has 26 heavy (non-hydrogen) atoms. The Hall–Kier alpha value is -2.06. The number of anilines is 2. The molecule has 0 amide bonds. The Kier molecular flexibility index (Phi) is 4.40. The van der Waals surface area contributed by atoms with E-state index in [4.69, 9.17) is 22.3 Å². The van der Waals surface area contributed by atoms with E-state index in [1.807, 2.05) is 6.20 Å². The molecule has 136 valence electrons. The Morgan fingerprint density at radius 1 is 1.27 bits per heavy atom. The molecule has 4 rings (SSSR count). The third-order valence-electron chi connectivity index (χ3n) is 4.75. The number of aromatic nitrogens is 5. The standard InChI is InChI=1S/C17H20ClN7S/c1-17(2)4-7-25(8-5-17)11-9-21-13-15(22-11)23-24-16(13)26-10-3-6-20-14(19)12(10)18/h3,6,9H,4-5,7-8H2,1-2H3,(H2,19,20)(H,22,23,24). The second-order valence-corrected chi connectivity index (χ2v) is 8.62. The number of nitrogens with two attached hydrogens (primary N) is 1. The molecule has 1 fully saturated rings. The monoisotopic (exact) mass is 389 g/mol. The average molecular weight is 390 g/mol. The molecule has 0 unspecified atom stereocenters. The zero-order valence-electron chi connectivity index (χ0n) is 14.7. The van der Waals surface area contributed by atoms with Crippen molar-refractivity contribution in [3.05, 3.63) is 23.5 Å². The number of piperidine rings is 1. The topological polar surface area (TPSA) is 96.6 Å². The van der Waals surface area contributed by atoms with Gasteiger partial charge >= 0.3 is 0 Å². The van der Waals surface area contributed by atoms with Crippen LogP contribution in [0.4, 0.5) is 11.6 Å². The summed E-state index contributed by atoms with van der Waals surface area (Å²) in [5.74, 6) is 1.19. The van der Waals surface area contributed by atoms with E-state index in [1.54, 1.807) is 12.3 Å². The summed E-state index contributed by atoms with van der Waals surface area (Å²) in [4.78, 5) is 16.4. The molecule has 0 saturated carbocycles. The smallest absolute Gasteiger partial charge is 0.177 e. The Morgan fingerprint density at radius 3 is 2.81 bits per heavy atom. The normalized spacial score (nSPS) is 17.0. The van der Waals surface area contributed by atoms with Gasteiger partial charge < -0.3 is 10.6 Å². The van der Waals surface area contributed by atoms with Crippen LogP contribution in [0.2, 0.25) is 5.02 Å². The summed E-state index contributed by atoms with van der Waals surface area (Å²) >= 11 is 7.62. The Bertz CT molecular complexity index is 945. The summed E-state index contributed by atoms with van der Waals surface area (Å²) in [6.45, 7) is 6.62. The van der Waals surface area contributed by atoms with Crippen LogP contribution >= 0.6 is 23.4 Å². The minimum absolute atomic E-state index is 0.304. The maximum Gasteiger partial charge on any atom is 0.177 e. The van der Waals surface area contributed by atoms with E-state index in [2.05, 4.69) is 38.9 Å². The number of nitrogens with one attached hydrogen (secondary N) is 1. The van der Waals surface area contributed by atoms with Crippen LogP contribution in [0.5, 0.6) is 0 Å². The van der Waals surface area contributed by atoms with Gasteiger partial charge in [-0.3, -0.25) is 5.10 Å². The van der Waals surface area contributed by atoms with Crippen molar-refractivity contribution in [3.8, 4) is 0 Å². The zero-order valence-corrected chi connectivity index (χ0v) is 16.2. The molecule has 4 heterocycles. The molecular weight excluding hydrogens is 370 g/mol. The van der Waals surface area contributed by atoms with Gasteiger partial charge in [-0.05, 0) is 24.3 Å². The highest BCUT2D eigenvalue weighted by atomic mass is 35.5. The van der Waals surface area contributed by atoms with Crippen molar-refractivity contribution in [1.82, 2.24) is 25.1 Å². The minimum Gasteiger partial charge on any atom is -0.382 e. The lowest BCUT2D eigenvalue weighted by atomic mass is 9.83. The first kappa shape index (κ1) is 17.4. The molecule has 0 atom stereocenters. The van der Waals surface area contributed by atoms with Gasteiger partial charge in [0.15, 0.2) is 10.7 Å². The van der Waals surface area contributed by atoms with Crippen LogP contribution in [0.3, 0.4) is 0 Å². The average Bonchev–Trinajstić information content (AvgIpc) is 3.01. The summed E-state index contributed by atoms with van der Waals surface area (Å²) in [6.07, 6.45) is 5.75. The fourth-order valence-electron chi connectivity index (χ4n) is 2.96. The molecule has 9 heteroatoms. The Balaban J connectivity index is 1.59. The highest BCUT2D eigenvalue weighted by molar-refractivity contribution is 7.99. The molecule has 3 aromatic rings. The number of nitrogens with zero attached hydrogens (tertiary/aromatic N) is 5. The minimum atomic E-state index is 0.304. The van der Waals surface area contributed by atoms with Gasteiger partial charge in [-0.1, -0.05) is 37.2 Å². The third-order valence-corrected chi connectivity index (χ3v) is 6.30. The molecular formula is C17H20ClN7S. The van der Waals surface area contributed by atoms with E-state index in [-0.39, 0.29) is 0 Å². The van der Waals surface area contributed by atoms with Gasteiger partial charge in [0.05, 0.1) is 11.2 Å². The van der Waals surface area contributed by atoms with E-state index < -0.39 is 0 Å². The summed E-state index contributed by atoms with van der Waals surface area (Å²) < 4.78 is 0. The lowest BCUT2D eigenvalue weighted by molar-refractivity contribution is 0.279. The van der Waals surface area contributed by atoms with Crippen LogP contribution in [-0.4, -0.2) is 38.2 Å². The van der Waals surface area contributed by atoms with Gasteiger partial charge in [-0.2, -0.15) is 5.10 Å². The van der Waals surface area contributed by atoms with E-state index in [0.717, 1.165) is 42.2 Å². The number of H-pyrrole nitrogens is 1. The number of aromatic amines is 1. The molecule has 0 spiro atoms. The molecule has 0 bridgehead atoms. The van der Waals surface area contributed by atoms with Crippen molar-refractivity contribution < 1.29 is 0 Å². The SMILES string of the molecule is CC1(C)CCN(c2cnc3c(Sc4ccnc(N)c4Cl)n[nH]c3n2)CC1. The second kappa shape index (κ2) is 6.59. The first-order valence-corrected chi connectivity index (χ1v) is 9.66. The summed E-state index contributed by atoms with van der Waals surface area (Å²) in [5, 5.41) is 8.46. The molecule has 0 aliphatic carbocycles. The molecule has 1 aliphatic rings. The van der Waals surface area contributed by atoms with Crippen LogP contribution in [0.25, 0.3) is 11.2 Å². The maximum absolute atomic E-state index is 6.22. The fraction of sp³-hybridized carbons (Fsp3) is 0.412. The summed E-state index contributed by atoms with van der Waals surface area (Å²) in [6, 6.07) is 1.81. The molecule has 3 aromatic heterocycles.